The summed E-state index contributed by atoms with van der Waals surface area (Å²) in [6, 6.07) is 7.88. The van der Waals surface area contributed by atoms with Crippen LogP contribution in [0, 0.1) is 6.92 Å². The lowest BCUT2D eigenvalue weighted by molar-refractivity contribution is -0.121. The number of benzene rings is 1. The van der Waals surface area contributed by atoms with Gasteiger partial charge in [-0.2, -0.15) is 5.10 Å². The minimum Gasteiger partial charge on any atom is -0.352 e. The van der Waals surface area contributed by atoms with Gasteiger partial charge in [0.2, 0.25) is 5.91 Å². The van der Waals surface area contributed by atoms with Crippen molar-refractivity contribution in [1.82, 2.24) is 20.1 Å². The lowest BCUT2D eigenvalue weighted by atomic mass is 10.1. The van der Waals surface area contributed by atoms with Gasteiger partial charge in [-0.25, -0.2) is 0 Å². The first kappa shape index (κ1) is 18.1. The van der Waals surface area contributed by atoms with E-state index in [0.29, 0.717) is 19.4 Å². The fourth-order valence-corrected chi connectivity index (χ4v) is 2.84. The molecule has 2 heterocycles. The summed E-state index contributed by atoms with van der Waals surface area (Å²) in [4.78, 5) is 16.4. The Morgan fingerprint density at radius 1 is 1.15 bits per heavy atom. The van der Waals surface area contributed by atoms with Crippen molar-refractivity contribution in [3.8, 4) is 11.1 Å². The average molecular weight is 369 g/mol. The van der Waals surface area contributed by atoms with Gasteiger partial charge in [-0.1, -0.05) is 23.7 Å². The van der Waals surface area contributed by atoms with Crippen LogP contribution in [0.15, 0.2) is 49.1 Å². The zero-order valence-electron chi connectivity index (χ0n) is 14.9. The number of carbonyl (C=O) groups excluding carboxylic acids is 1. The standard InChI is InChI=1S/C20H21ClN4O/c1-14-7-15(3-5-19(14)21)4-6-20(26)23-10-16-8-17(11-22-9-16)18-12-24-25(2)13-18/h3,5,7-9,11-13H,4,6,10H2,1-2H3,(H,23,26). The molecule has 0 unspecified atom stereocenters. The molecule has 0 aliphatic carbocycles. The van der Waals surface area contributed by atoms with Gasteiger partial charge in [-0.05, 0) is 42.2 Å². The Morgan fingerprint density at radius 3 is 2.73 bits per heavy atom. The minimum absolute atomic E-state index is 0.0179. The van der Waals surface area contributed by atoms with Crippen LogP contribution in [0.1, 0.15) is 23.1 Å². The maximum Gasteiger partial charge on any atom is 0.220 e. The Balaban J connectivity index is 1.53. The molecule has 6 heteroatoms. The van der Waals surface area contributed by atoms with Gasteiger partial charge in [-0.15, -0.1) is 0 Å². The van der Waals surface area contributed by atoms with Crippen LogP contribution in [-0.4, -0.2) is 20.7 Å². The molecule has 0 saturated heterocycles. The number of rotatable bonds is 6. The van der Waals surface area contributed by atoms with Crippen LogP contribution >= 0.6 is 11.6 Å². The van der Waals surface area contributed by atoms with E-state index in [1.807, 2.05) is 44.4 Å². The molecule has 1 amide bonds. The number of halogens is 1. The molecule has 0 aliphatic heterocycles. The summed E-state index contributed by atoms with van der Waals surface area (Å²) in [5.41, 5.74) is 5.10. The van der Waals surface area contributed by atoms with Gasteiger partial charge < -0.3 is 5.32 Å². The van der Waals surface area contributed by atoms with Gasteiger partial charge in [-0.3, -0.25) is 14.5 Å². The molecule has 0 radical (unpaired) electrons. The third-order valence-electron chi connectivity index (χ3n) is 4.19. The number of amides is 1. The Bertz CT molecular complexity index is 920. The van der Waals surface area contributed by atoms with E-state index in [9.17, 15) is 4.79 Å². The first-order valence-corrected chi connectivity index (χ1v) is 8.84. The van der Waals surface area contributed by atoms with E-state index >= 15 is 0 Å². The molecule has 134 valence electrons. The van der Waals surface area contributed by atoms with E-state index < -0.39 is 0 Å². The van der Waals surface area contributed by atoms with Gasteiger partial charge >= 0.3 is 0 Å². The predicted octanol–water partition coefficient (Wildman–Crippen LogP) is 3.69. The summed E-state index contributed by atoms with van der Waals surface area (Å²) in [7, 11) is 1.88. The van der Waals surface area contributed by atoms with Crippen molar-refractivity contribution in [3.63, 3.8) is 0 Å². The Kier molecular flexibility index (Phi) is 5.68. The van der Waals surface area contributed by atoms with E-state index in [-0.39, 0.29) is 5.91 Å². The molecular weight excluding hydrogens is 348 g/mol. The molecule has 0 saturated carbocycles. The van der Waals surface area contributed by atoms with Gasteiger partial charge in [0, 0.05) is 54.8 Å². The van der Waals surface area contributed by atoms with Crippen LogP contribution in [0.3, 0.4) is 0 Å². The topological polar surface area (TPSA) is 59.8 Å². The number of aryl methyl sites for hydroxylation is 3. The van der Waals surface area contributed by atoms with Gasteiger partial charge in [0.1, 0.15) is 0 Å². The zero-order chi connectivity index (χ0) is 18.5. The van der Waals surface area contributed by atoms with E-state index in [0.717, 1.165) is 32.8 Å². The smallest absolute Gasteiger partial charge is 0.220 e. The van der Waals surface area contributed by atoms with Crippen molar-refractivity contribution in [2.75, 3.05) is 0 Å². The third-order valence-corrected chi connectivity index (χ3v) is 4.61. The molecule has 0 spiro atoms. The number of aromatic nitrogens is 3. The number of hydrogen-bond acceptors (Lipinski definition) is 3. The second-order valence-electron chi connectivity index (χ2n) is 6.34. The summed E-state index contributed by atoms with van der Waals surface area (Å²) in [5.74, 6) is 0.0179. The van der Waals surface area contributed by atoms with E-state index in [1.165, 1.54) is 0 Å². The number of nitrogens with zero attached hydrogens (tertiary/aromatic N) is 3. The molecule has 3 aromatic rings. The highest BCUT2D eigenvalue weighted by Gasteiger charge is 2.06. The number of hydrogen-bond donors (Lipinski definition) is 1. The first-order chi connectivity index (χ1) is 12.5. The molecule has 0 bridgehead atoms. The highest BCUT2D eigenvalue weighted by molar-refractivity contribution is 6.31. The third kappa shape index (κ3) is 4.70. The SMILES string of the molecule is Cc1cc(CCC(=O)NCc2cncc(-c3cnn(C)c3)c2)ccc1Cl. The molecule has 1 N–H and O–H groups in total. The molecule has 26 heavy (non-hydrogen) atoms. The van der Waals surface area contributed by atoms with Gasteiger partial charge in [0.15, 0.2) is 0 Å². The molecule has 0 fully saturated rings. The van der Waals surface area contributed by atoms with Crippen molar-refractivity contribution < 1.29 is 4.79 Å². The van der Waals surface area contributed by atoms with Crippen molar-refractivity contribution in [3.05, 3.63) is 70.8 Å². The predicted molar refractivity (Wildman–Crippen MR) is 103 cm³/mol. The van der Waals surface area contributed by atoms with E-state index in [1.54, 1.807) is 23.3 Å². The minimum atomic E-state index is 0.0179. The van der Waals surface area contributed by atoms with Crippen LogP contribution in [-0.2, 0) is 24.8 Å². The maximum atomic E-state index is 12.1. The Labute approximate surface area is 158 Å². The fraction of sp³-hybridized carbons (Fsp3) is 0.250. The summed E-state index contributed by atoms with van der Waals surface area (Å²) < 4.78 is 1.75. The summed E-state index contributed by atoms with van der Waals surface area (Å²) in [5, 5.41) is 7.87. The quantitative estimate of drug-likeness (QED) is 0.721. The molecular formula is C20H21ClN4O. The van der Waals surface area contributed by atoms with Gasteiger partial charge in [0.25, 0.3) is 0 Å². The molecule has 1 aromatic carbocycles. The monoisotopic (exact) mass is 368 g/mol. The van der Waals surface area contributed by atoms with Crippen LogP contribution in [0.25, 0.3) is 11.1 Å². The molecule has 3 rings (SSSR count). The number of nitrogens with one attached hydrogen (secondary N) is 1. The lowest BCUT2D eigenvalue weighted by Crippen LogP contribution is -2.23. The number of carbonyl (C=O) groups is 1. The van der Waals surface area contributed by atoms with Crippen LogP contribution in [0.5, 0.6) is 0 Å². The first-order valence-electron chi connectivity index (χ1n) is 8.46. The summed E-state index contributed by atoms with van der Waals surface area (Å²) >= 11 is 6.03. The second-order valence-corrected chi connectivity index (χ2v) is 6.75. The van der Waals surface area contributed by atoms with E-state index in [4.69, 9.17) is 11.6 Å². The summed E-state index contributed by atoms with van der Waals surface area (Å²) in [6.07, 6.45) is 8.43. The lowest BCUT2D eigenvalue weighted by Gasteiger charge is -2.07. The summed E-state index contributed by atoms with van der Waals surface area (Å²) in [6.45, 7) is 2.42. The molecule has 0 atom stereocenters. The Hall–Kier alpha value is -2.66. The van der Waals surface area contributed by atoms with Crippen LogP contribution in [0.4, 0.5) is 0 Å². The zero-order valence-corrected chi connectivity index (χ0v) is 15.6. The van der Waals surface area contributed by atoms with Crippen LogP contribution in [0.2, 0.25) is 5.02 Å². The normalized spacial score (nSPS) is 10.7. The Morgan fingerprint density at radius 2 is 2.00 bits per heavy atom. The second kappa shape index (κ2) is 8.15. The average Bonchev–Trinajstić information content (AvgIpc) is 3.08. The maximum absolute atomic E-state index is 12.1. The largest absolute Gasteiger partial charge is 0.352 e. The highest BCUT2D eigenvalue weighted by Crippen LogP contribution is 2.19. The van der Waals surface area contributed by atoms with E-state index in [2.05, 4.69) is 15.4 Å². The van der Waals surface area contributed by atoms with Crippen molar-refractivity contribution in [1.29, 1.82) is 0 Å². The fourth-order valence-electron chi connectivity index (χ4n) is 2.72. The van der Waals surface area contributed by atoms with Crippen molar-refractivity contribution in [2.24, 2.45) is 7.05 Å². The molecule has 2 aromatic heterocycles. The van der Waals surface area contributed by atoms with Crippen LogP contribution < -0.4 is 5.32 Å². The number of pyridine rings is 1. The molecule has 5 nitrogen and oxygen atoms in total. The highest BCUT2D eigenvalue weighted by atomic mass is 35.5. The van der Waals surface area contributed by atoms with Gasteiger partial charge in [0.05, 0.1) is 6.20 Å². The van der Waals surface area contributed by atoms with Crippen molar-refractivity contribution >= 4 is 17.5 Å². The van der Waals surface area contributed by atoms with Crippen molar-refractivity contribution in [2.45, 2.75) is 26.3 Å². The molecule has 0 aliphatic rings.